The quantitative estimate of drug-likeness (QED) is 0.765. The normalized spacial score (nSPS) is 23.9. The van der Waals surface area contributed by atoms with Crippen molar-refractivity contribution in [2.75, 3.05) is 13.6 Å². The second-order valence-corrected chi connectivity index (χ2v) is 4.29. The Hall–Kier alpha value is -1.40. The highest BCUT2D eigenvalue weighted by Crippen LogP contribution is 2.20. The topological polar surface area (TPSA) is 84.2 Å². The van der Waals surface area contributed by atoms with E-state index in [9.17, 15) is 4.79 Å². The van der Waals surface area contributed by atoms with Gasteiger partial charge in [0.15, 0.2) is 0 Å². The number of hydrogen-bond donors (Lipinski definition) is 2. The summed E-state index contributed by atoms with van der Waals surface area (Å²) in [5, 5.41) is 0. The Balaban J connectivity index is 1.87. The predicted octanol–water partition coefficient (Wildman–Crippen LogP) is -0.126. The number of aromatic amines is 1. The molecular formula is C11H18N4O2. The Bertz CT molecular complexity index is 366. The number of amides is 1. The largest absolute Gasteiger partial charge is 0.364 e. The van der Waals surface area contributed by atoms with Gasteiger partial charge in [-0.2, -0.15) is 0 Å². The van der Waals surface area contributed by atoms with E-state index in [1.54, 1.807) is 24.3 Å². The molecule has 94 valence electrons. The molecule has 3 N–H and O–H groups in total. The van der Waals surface area contributed by atoms with Crippen molar-refractivity contribution in [3.63, 3.8) is 0 Å². The molecule has 0 spiro atoms. The monoisotopic (exact) mass is 238 g/mol. The van der Waals surface area contributed by atoms with Crippen molar-refractivity contribution in [1.29, 1.82) is 0 Å². The van der Waals surface area contributed by atoms with Gasteiger partial charge in [0, 0.05) is 26.0 Å². The van der Waals surface area contributed by atoms with Crippen LogP contribution in [0.4, 0.5) is 0 Å². The summed E-state index contributed by atoms with van der Waals surface area (Å²) >= 11 is 0. The number of H-pyrrole nitrogens is 1. The number of ether oxygens (including phenoxy) is 1. The van der Waals surface area contributed by atoms with Gasteiger partial charge < -0.3 is 20.4 Å². The number of rotatable bonds is 4. The zero-order valence-corrected chi connectivity index (χ0v) is 9.93. The van der Waals surface area contributed by atoms with Gasteiger partial charge in [0.05, 0.1) is 12.6 Å². The molecule has 1 fully saturated rings. The van der Waals surface area contributed by atoms with E-state index in [2.05, 4.69) is 9.97 Å². The van der Waals surface area contributed by atoms with Crippen LogP contribution < -0.4 is 5.73 Å². The highest BCUT2D eigenvalue weighted by Gasteiger charge is 2.31. The zero-order valence-electron chi connectivity index (χ0n) is 9.93. The average molecular weight is 238 g/mol. The average Bonchev–Trinajstić information content (AvgIpc) is 2.98. The second-order valence-electron chi connectivity index (χ2n) is 4.29. The van der Waals surface area contributed by atoms with Crippen LogP contribution in [0.3, 0.4) is 0 Å². The lowest BCUT2D eigenvalue weighted by molar-refractivity contribution is -0.142. The van der Waals surface area contributed by atoms with Crippen molar-refractivity contribution in [3.05, 3.63) is 18.2 Å². The van der Waals surface area contributed by atoms with E-state index in [4.69, 9.17) is 10.5 Å². The molecule has 1 amide bonds. The smallest absolute Gasteiger partial charge is 0.251 e. The highest BCUT2D eigenvalue weighted by molar-refractivity contribution is 5.80. The lowest BCUT2D eigenvalue weighted by Gasteiger charge is -2.20. The molecule has 6 heteroatoms. The number of carbonyl (C=O) groups excluding carboxylic acids is 1. The maximum absolute atomic E-state index is 12.1. The minimum Gasteiger partial charge on any atom is -0.364 e. The standard InChI is InChI=1S/C11H18N4O2/c1-15(7-10-13-4-5-14-10)11(16)9-3-2-8(6-12)17-9/h4-5,8-9H,2-3,6-7,12H2,1H3,(H,13,14). The number of likely N-dealkylation sites (N-methyl/N-ethyl adjacent to an activating group) is 1. The first kappa shape index (κ1) is 12.1. The molecule has 0 radical (unpaired) electrons. The summed E-state index contributed by atoms with van der Waals surface area (Å²) in [6, 6.07) is 0. The summed E-state index contributed by atoms with van der Waals surface area (Å²) in [6.07, 6.45) is 4.71. The van der Waals surface area contributed by atoms with Crippen LogP contribution in [-0.4, -0.2) is 46.6 Å². The molecule has 2 heterocycles. The maximum Gasteiger partial charge on any atom is 0.251 e. The van der Waals surface area contributed by atoms with E-state index >= 15 is 0 Å². The third-order valence-corrected chi connectivity index (χ3v) is 2.96. The lowest BCUT2D eigenvalue weighted by atomic mass is 10.2. The first-order valence-corrected chi connectivity index (χ1v) is 5.79. The van der Waals surface area contributed by atoms with Crippen LogP contribution in [0.15, 0.2) is 12.4 Å². The highest BCUT2D eigenvalue weighted by atomic mass is 16.5. The predicted molar refractivity (Wildman–Crippen MR) is 62.0 cm³/mol. The number of hydrogen-bond acceptors (Lipinski definition) is 4. The fourth-order valence-electron chi connectivity index (χ4n) is 1.99. The molecule has 0 bridgehead atoms. The van der Waals surface area contributed by atoms with Gasteiger partial charge in [-0.3, -0.25) is 4.79 Å². The number of aromatic nitrogens is 2. The van der Waals surface area contributed by atoms with Gasteiger partial charge in [-0.05, 0) is 12.8 Å². The summed E-state index contributed by atoms with van der Waals surface area (Å²) < 4.78 is 5.57. The summed E-state index contributed by atoms with van der Waals surface area (Å²) in [6.45, 7) is 0.949. The van der Waals surface area contributed by atoms with Gasteiger partial charge in [-0.25, -0.2) is 4.98 Å². The first-order valence-electron chi connectivity index (χ1n) is 5.79. The molecule has 17 heavy (non-hydrogen) atoms. The Kier molecular flexibility index (Phi) is 3.75. The summed E-state index contributed by atoms with van der Waals surface area (Å²) in [5.41, 5.74) is 5.52. The fraction of sp³-hybridized carbons (Fsp3) is 0.636. The molecular weight excluding hydrogens is 220 g/mol. The number of nitrogens with zero attached hydrogens (tertiary/aromatic N) is 2. The van der Waals surface area contributed by atoms with Crippen molar-refractivity contribution in [3.8, 4) is 0 Å². The van der Waals surface area contributed by atoms with Gasteiger partial charge >= 0.3 is 0 Å². The van der Waals surface area contributed by atoms with Crippen LogP contribution in [0.2, 0.25) is 0 Å². The van der Waals surface area contributed by atoms with Crippen LogP contribution in [0.5, 0.6) is 0 Å². The molecule has 2 atom stereocenters. The molecule has 1 aliphatic heterocycles. The summed E-state index contributed by atoms with van der Waals surface area (Å²) in [4.78, 5) is 20.7. The van der Waals surface area contributed by atoms with Crippen molar-refractivity contribution in [2.45, 2.75) is 31.6 Å². The summed E-state index contributed by atoms with van der Waals surface area (Å²) in [5.74, 6) is 0.770. The Labute approximate surface area is 100 Å². The van der Waals surface area contributed by atoms with Crippen molar-refractivity contribution < 1.29 is 9.53 Å². The molecule has 1 saturated heterocycles. The van der Waals surface area contributed by atoms with E-state index in [0.717, 1.165) is 18.7 Å². The van der Waals surface area contributed by atoms with E-state index in [-0.39, 0.29) is 18.1 Å². The summed E-state index contributed by atoms with van der Waals surface area (Å²) in [7, 11) is 1.75. The number of imidazole rings is 1. The number of carbonyl (C=O) groups is 1. The molecule has 2 unspecified atom stereocenters. The van der Waals surface area contributed by atoms with Gasteiger partial charge in [-0.1, -0.05) is 0 Å². The van der Waals surface area contributed by atoms with Crippen LogP contribution in [0.1, 0.15) is 18.7 Å². The van der Waals surface area contributed by atoms with E-state index in [1.807, 2.05) is 0 Å². The second kappa shape index (κ2) is 5.29. The van der Waals surface area contributed by atoms with Crippen molar-refractivity contribution in [1.82, 2.24) is 14.9 Å². The van der Waals surface area contributed by atoms with Crippen LogP contribution in [0.25, 0.3) is 0 Å². The minimum absolute atomic E-state index is 0.00245. The molecule has 1 aromatic rings. The molecule has 1 aliphatic rings. The fourth-order valence-corrected chi connectivity index (χ4v) is 1.99. The maximum atomic E-state index is 12.1. The third kappa shape index (κ3) is 2.83. The molecule has 0 aromatic carbocycles. The molecule has 6 nitrogen and oxygen atoms in total. The van der Waals surface area contributed by atoms with E-state index in [1.165, 1.54) is 0 Å². The Morgan fingerprint density at radius 3 is 3.12 bits per heavy atom. The Morgan fingerprint density at radius 1 is 1.71 bits per heavy atom. The SMILES string of the molecule is CN(Cc1ncc[nH]1)C(=O)C1CCC(CN)O1. The van der Waals surface area contributed by atoms with Crippen molar-refractivity contribution >= 4 is 5.91 Å². The minimum atomic E-state index is -0.344. The van der Waals surface area contributed by atoms with Crippen LogP contribution in [-0.2, 0) is 16.1 Å². The van der Waals surface area contributed by atoms with Gasteiger partial charge in [-0.15, -0.1) is 0 Å². The number of nitrogens with two attached hydrogens (primary N) is 1. The van der Waals surface area contributed by atoms with E-state index < -0.39 is 0 Å². The first-order chi connectivity index (χ1) is 8.20. The number of nitrogens with one attached hydrogen (secondary N) is 1. The molecule has 2 rings (SSSR count). The molecule has 0 saturated carbocycles. The van der Waals surface area contributed by atoms with Crippen molar-refractivity contribution in [2.24, 2.45) is 5.73 Å². The Morgan fingerprint density at radius 2 is 2.53 bits per heavy atom. The van der Waals surface area contributed by atoms with Crippen LogP contribution >= 0.6 is 0 Å². The zero-order chi connectivity index (χ0) is 12.3. The lowest BCUT2D eigenvalue weighted by Crippen LogP contribution is -2.36. The van der Waals surface area contributed by atoms with Crippen LogP contribution in [0, 0.1) is 0 Å². The van der Waals surface area contributed by atoms with Gasteiger partial charge in [0.1, 0.15) is 11.9 Å². The molecule has 1 aromatic heterocycles. The third-order valence-electron chi connectivity index (χ3n) is 2.96. The molecule has 0 aliphatic carbocycles. The van der Waals surface area contributed by atoms with E-state index in [0.29, 0.717) is 13.1 Å². The van der Waals surface area contributed by atoms with Gasteiger partial charge in [0.25, 0.3) is 5.91 Å². The van der Waals surface area contributed by atoms with Gasteiger partial charge in [0.2, 0.25) is 0 Å².